The van der Waals surface area contributed by atoms with Crippen molar-refractivity contribution in [2.45, 2.75) is 97.5 Å². The van der Waals surface area contributed by atoms with Gasteiger partial charge in [0.25, 0.3) is 0 Å². The number of allylic oxidation sites excluding steroid dienone is 6. The zero-order valence-corrected chi connectivity index (χ0v) is 16.4. The fourth-order valence-corrected chi connectivity index (χ4v) is 2.25. The molecule has 0 unspecified atom stereocenters. The average Bonchev–Trinajstić information content (AvgIpc) is 2.49. The quantitative estimate of drug-likeness (QED) is 0.208. The lowest BCUT2D eigenvalue weighted by Crippen LogP contribution is -2.23. The van der Waals surface area contributed by atoms with E-state index in [-0.39, 0.29) is 11.6 Å². The summed E-state index contributed by atoms with van der Waals surface area (Å²) in [5.41, 5.74) is -0.358. The Balaban J connectivity index is 3.42. The van der Waals surface area contributed by atoms with E-state index in [0.717, 1.165) is 19.3 Å². The Morgan fingerprint density at radius 1 is 0.792 bits per heavy atom. The third-order valence-electron chi connectivity index (χ3n) is 3.50. The standard InChI is InChI=1S/C22H38O2/c1-5-6-7-8-9-10-11-12-13-14-15-16-17-18-19-20-21(23)24-22(2,3)4/h8-13H,5-7,14-20H2,1-4H3/b9-8+,11-10+,13-12-. The van der Waals surface area contributed by atoms with Crippen molar-refractivity contribution in [3.05, 3.63) is 36.5 Å². The first-order valence-corrected chi connectivity index (χ1v) is 9.66. The van der Waals surface area contributed by atoms with E-state index < -0.39 is 0 Å². The van der Waals surface area contributed by atoms with Crippen LogP contribution in [0.2, 0.25) is 0 Å². The summed E-state index contributed by atoms with van der Waals surface area (Å²) in [4.78, 5) is 11.6. The highest BCUT2D eigenvalue weighted by Gasteiger charge is 2.15. The number of hydrogen-bond acceptors (Lipinski definition) is 2. The van der Waals surface area contributed by atoms with Gasteiger partial charge in [-0.15, -0.1) is 0 Å². The van der Waals surface area contributed by atoms with Crippen molar-refractivity contribution in [1.82, 2.24) is 0 Å². The molecule has 0 aliphatic heterocycles. The van der Waals surface area contributed by atoms with E-state index >= 15 is 0 Å². The smallest absolute Gasteiger partial charge is 0.306 e. The molecule has 24 heavy (non-hydrogen) atoms. The molecule has 0 aromatic heterocycles. The van der Waals surface area contributed by atoms with Crippen LogP contribution in [0.25, 0.3) is 0 Å². The van der Waals surface area contributed by atoms with E-state index in [1.54, 1.807) is 0 Å². The minimum atomic E-state index is -0.358. The molecule has 0 rings (SSSR count). The van der Waals surface area contributed by atoms with Crippen LogP contribution in [-0.2, 0) is 9.53 Å². The maximum Gasteiger partial charge on any atom is 0.306 e. The van der Waals surface area contributed by atoms with Crippen molar-refractivity contribution in [2.75, 3.05) is 0 Å². The van der Waals surface area contributed by atoms with Crippen LogP contribution in [-0.4, -0.2) is 11.6 Å². The van der Waals surface area contributed by atoms with Crippen LogP contribution in [0.15, 0.2) is 36.5 Å². The zero-order valence-electron chi connectivity index (χ0n) is 16.4. The highest BCUT2D eigenvalue weighted by molar-refractivity contribution is 5.69. The molecular formula is C22H38O2. The molecule has 0 heterocycles. The van der Waals surface area contributed by atoms with Crippen molar-refractivity contribution in [1.29, 1.82) is 0 Å². The molecule has 0 atom stereocenters. The first-order chi connectivity index (χ1) is 11.5. The predicted molar refractivity (Wildman–Crippen MR) is 105 cm³/mol. The second kappa shape index (κ2) is 15.2. The van der Waals surface area contributed by atoms with Crippen LogP contribution in [0.3, 0.4) is 0 Å². The monoisotopic (exact) mass is 334 g/mol. The third-order valence-corrected chi connectivity index (χ3v) is 3.50. The summed E-state index contributed by atoms with van der Waals surface area (Å²) in [5, 5.41) is 0. The van der Waals surface area contributed by atoms with Gasteiger partial charge in [0.1, 0.15) is 5.60 Å². The molecule has 0 aromatic carbocycles. The highest BCUT2D eigenvalue weighted by Crippen LogP contribution is 2.12. The summed E-state index contributed by atoms with van der Waals surface area (Å²) in [6.45, 7) is 7.95. The summed E-state index contributed by atoms with van der Waals surface area (Å²) < 4.78 is 5.30. The minimum Gasteiger partial charge on any atom is -0.460 e. The van der Waals surface area contributed by atoms with E-state index in [1.807, 2.05) is 20.8 Å². The Morgan fingerprint density at radius 3 is 1.92 bits per heavy atom. The van der Waals surface area contributed by atoms with E-state index in [1.165, 1.54) is 38.5 Å². The van der Waals surface area contributed by atoms with Crippen molar-refractivity contribution in [3.8, 4) is 0 Å². The van der Waals surface area contributed by atoms with Crippen molar-refractivity contribution >= 4 is 5.97 Å². The number of esters is 1. The van der Waals surface area contributed by atoms with Crippen molar-refractivity contribution < 1.29 is 9.53 Å². The van der Waals surface area contributed by atoms with Crippen LogP contribution < -0.4 is 0 Å². The molecule has 138 valence electrons. The van der Waals surface area contributed by atoms with Gasteiger partial charge in [-0.3, -0.25) is 4.79 Å². The molecule has 0 N–H and O–H groups in total. The van der Waals surface area contributed by atoms with Gasteiger partial charge in [0.05, 0.1) is 0 Å². The first-order valence-electron chi connectivity index (χ1n) is 9.66. The number of unbranched alkanes of at least 4 members (excludes halogenated alkanes) is 7. The van der Waals surface area contributed by atoms with E-state index in [9.17, 15) is 4.79 Å². The maximum atomic E-state index is 11.6. The Kier molecular flexibility index (Phi) is 14.4. The fraction of sp³-hybridized carbons (Fsp3) is 0.682. The molecule has 0 aliphatic carbocycles. The Morgan fingerprint density at radius 2 is 1.33 bits per heavy atom. The van der Waals surface area contributed by atoms with E-state index in [4.69, 9.17) is 4.74 Å². The molecule has 0 aliphatic rings. The summed E-state index contributed by atoms with van der Waals surface area (Å²) in [6, 6.07) is 0. The molecular weight excluding hydrogens is 296 g/mol. The van der Waals surface area contributed by atoms with E-state index in [2.05, 4.69) is 43.4 Å². The Bertz CT molecular complexity index is 383. The molecule has 0 amide bonds. The van der Waals surface area contributed by atoms with Crippen LogP contribution in [0.5, 0.6) is 0 Å². The molecule has 0 saturated heterocycles. The number of ether oxygens (including phenoxy) is 1. The molecule has 2 nitrogen and oxygen atoms in total. The Labute approximate surface area is 150 Å². The van der Waals surface area contributed by atoms with E-state index in [0.29, 0.717) is 6.42 Å². The second-order valence-electron chi connectivity index (χ2n) is 7.28. The maximum absolute atomic E-state index is 11.6. The van der Waals surface area contributed by atoms with Crippen molar-refractivity contribution in [3.63, 3.8) is 0 Å². The molecule has 0 radical (unpaired) electrons. The van der Waals surface area contributed by atoms with Crippen molar-refractivity contribution in [2.24, 2.45) is 0 Å². The SMILES string of the molecule is CCCC/C=C/C=C/C=C\CCCCCCCC(=O)OC(C)(C)C. The average molecular weight is 335 g/mol. The van der Waals surface area contributed by atoms with Crippen LogP contribution in [0, 0.1) is 0 Å². The second-order valence-corrected chi connectivity index (χ2v) is 7.28. The molecule has 0 bridgehead atoms. The minimum absolute atomic E-state index is 0.0686. The van der Waals surface area contributed by atoms with Gasteiger partial charge in [-0.1, -0.05) is 75.5 Å². The van der Waals surface area contributed by atoms with Gasteiger partial charge in [0.2, 0.25) is 0 Å². The van der Waals surface area contributed by atoms with Crippen LogP contribution in [0.1, 0.15) is 91.9 Å². The lowest BCUT2D eigenvalue weighted by atomic mass is 10.1. The summed E-state index contributed by atoms with van der Waals surface area (Å²) in [5.74, 6) is -0.0686. The number of carbonyl (C=O) groups is 1. The molecule has 0 saturated carbocycles. The molecule has 0 spiro atoms. The Hall–Kier alpha value is -1.31. The van der Waals surface area contributed by atoms with Gasteiger partial charge in [-0.25, -0.2) is 0 Å². The highest BCUT2D eigenvalue weighted by atomic mass is 16.6. The molecule has 2 heteroatoms. The number of hydrogen-bond donors (Lipinski definition) is 0. The number of rotatable bonds is 13. The zero-order chi connectivity index (χ0) is 18.1. The molecule has 0 aromatic rings. The lowest BCUT2D eigenvalue weighted by Gasteiger charge is -2.19. The number of carbonyl (C=O) groups excluding carboxylic acids is 1. The van der Waals surface area contributed by atoms with Gasteiger partial charge < -0.3 is 4.74 Å². The third kappa shape index (κ3) is 18.7. The van der Waals surface area contributed by atoms with Gasteiger partial charge >= 0.3 is 5.97 Å². The fourth-order valence-electron chi connectivity index (χ4n) is 2.25. The first kappa shape index (κ1) is 22.7. The van der Waals surface area contributed by atoms with Gasteiger partial charge in [0.15, 0.2) is 0 Å². The van der Waals surface area contributed by atoms with Crippen LogP contribution in [0.4, 0.5) is 0 Å². The summed E-state index contributed by atoms with van der Waals surface area (Å²) >= 11 is 0. The normalized spacial score (nSPS) is 12.7. The largest absolute Gasteiger partial charge is 0.460 e. The van der Waals surface area contributed by atoms with Gasteiger partial charge in [-0.2, -0.15) is 0 Å². The van der Waals surface area contributed by atoms with Crippen LogP contribution >= 0.6 is 0 Å². The van der Waals surface area contributed by atoms with Gasteiger partial charge in [-0.05, 0) is 46.5 Å². The summed E-state index contributed by atoms with van der Waals surface area (Å²) in [7, 11) is 0. The predicted octanol–water partition coefficient (Wildman–Crippen LogP) is 6.92. The summed E-state index contributed by atoms with van der Waals surface area (Å²) in [6.07, 6.45) is 24.0. The van der Waals surface area contributed by atoms with Gasteiger partial charge in [0, 0.05) is 6.42 Å². The lowest BCUT2D eigenvalue weighted by molar-refractivity contribution is -0.154. The molecule has 0 fully saturated rings. The topological polar surface area (TPSA) is 26.3 Å².